The fourth-order valence-electron chi connectivity index (χ4n) is 4.24. The Morgan fingerprint density at radius 3 is 2.52 bits per heavy atom. The maximum Gasteiger partial charge on any atom is 0.389 e. The van der Waals surface area contributed by atoms with Crippen LogP contribution in [0.2, 0.25) is 0 Å². The van der Waals surface area contributed by atoms with Crippen LogP contribution in [0.25, 0.3) is 27.8 Å². The van der Waals surface area contributed by atoms with Crippen molar-refractivity contribution in [2.24, 2.45) is 0 Å². The van der Waals surface area contributed by atoms with Gasteiger partial charge in [0.25, 0.3) is 5.91 Å². The van der Waals surface area contributed by atoms with Gasteiger partial charge >= 0.3 is 6.18 Å². The smallest absolute Gasteiger partial charge is 0.348 e. The van der Waals surface area contributed by atoms with Crippen molar-refractivity contribution in [2.75, 3.05) is 5.32 Å². The number of fused-ring (bicyclic) bond motifs is 1. The summed E-state index contributed by atoms with van der Waals surface area (Å²) in [5, 5.41) is 5.42. The molecule has 2 heterocycles. The van der Waals surface area contributed by atoms with E-state index in [0.717, 1.165) is 22.2 Å². The van der Waals surface area contributed by atoms with Crippen LogP contribution in [0.1, 0.15) is 28.8 Å². The van der Waals surface area contributed by atoms with Crippen LogP contribution in [0.4, 0.5) is 18.9 Å². The number of amides is 2. The monoisotopic (exact) mass is 543 g/mol. The molecule has 0 spiro atoms. The fraction of sp³-hybridized carbons (Fsp3) is 0.133. The topological polar surface area (TPSA) is 88.9 Å². The third kappa shape index (κ3) is 6.52. The third-order valence-electron chi connectivity index (χ3n) is 6.22. The van der Waals surface area contributed by atoms with Crippen LogP contribution in [0.15, 0.2) is 97.6 Å². The van der Waals surface area contributed by atoms with Crippen molar-refractivity contribution in [2.45, 2.75) is 25.6 Å². The molecule has 2 N–H and O–H groups in total. The van der Waals surface area contributed by atoms with Crippen LogP contribution >= 0.6 is 0 Å². The summed E-state index contributed by atoms with van der Waals surface area (Å²) in [6.45, 7) is 0.374. The summed E-state index contributed by atoms with van der Waals surface area (Å²) in [4.78, 5) is 33.2. The van der Waals surface area contributed by atoms with Gasteiger partial charge in [-0.2, -0.15) is 13.2 Å². The summed E-state index contributed by atoms with van der Waals surface area (Å²) in [5.41, 5.74) is 5.76. The Hall–Kier alpha value is -4.99. The molecule has 0 aliphatic carbocycles. The molecule has 0 radical (unpaired) electrons. The summed E-state index contributed by atoms with van der Waals surface area (Å²) < 4.78 is 39.1. The van der Waals surface area contributed by atoms with Crippen molar-refractivity contribution in [3.8, 4) is 16.8 Å². The van der Waals surface area contributed by atoms with E-state index in [2.05, 4.69) is 20.6 Å². The number of anilines is 1. The van der Waals surface area contributed by atoms with Crippen molar-refractivity contribution in [3.05, 3.63) is 109 Å². The fourth-order valence-corrected chi connectivity index (χ4v) is 4.24. The Balaban J connectivity index is 1.32. The van der Waals surface area contributed by atoms with E-state index in [1.165, 1.54) is 0 Å². The Bertz CT molecular complexity index is 1670. The Morgan fingerprint density at radius 2 is 1.73 bits per heavy atom. The zero-order chi connectivity index (χ0) is 28.1. The van der Waals surface area contributed by atoms with E-state index in [-0.39, 0.29) is 5.91 Å². The summed E-state index contributed by atoms with van der Waals surface area (Å²) in [6, 6.07) is 23.6. The molecule has 202 valence electrons. The number of halogens is 3. The highest BCUT2D eigenvalue weighted by molar-refractivity contribution is 5.96. The van der Waals surface area contributed by atoms with Crippen LogP contribution in [-0.4, -0.2) is 32.5 Å². The highest BCUT2D eigenvalue weighted by Gasteiger charge is 2.27. The van der Waals surface area contributed by atoms with Crippen LogP contribution in [-0.2, 0) is 11.3 Å². The Labute approximate surface area is 227 Å². The lowest BCUT2D eigenvalue weighted by Crippen LogP contribution is -2.22. The molecule has 7 nitrogen and oxygen atoms in total. The van der Waals surface area contributed by atoms with Gasteiger partial charge in [-0.1, -0.05) is 30.3 Å². The zero-order valence-electron chi connectivity index (χ0n) is 21.2. The molecule has 0 aliphatic rings. The van der Waals surface area contributed by atoms with Crippen LogP contribution < -0.4 is 10.6 Å². The van der Waals surface area contributed by atoms with E-state index in [9.17, 15) is 22.8 Å². The standard InChI is InChI=1S/C30H24F3N5O2/c31-30(32,33)12-11-28(39)37-24-7-2-8-25(16-24)38-19-36-26-15-22(9-10-27(26)38)21-5-1-6-23(14-21)29(40)35-18-20-4-3-13-34-17-20/h1-10,13-17,19H,11-12,18H2,(H,35,40)(H,37,39). The molecule has 5 aromatic rings. The van der Waals surface area contributed by atoms with Crippen molar-refractivity contribution in [1.29, 1.82) is 0 Å². The molecular formula is C30H24F3N5O2. The number of imidazole rings is 1. The van der Waals surface area contributed by atoms with Crippen molar-refractivity contribution in [1.82, 2.24) is 19.9 Å². The van der Waals surface area contributed by atoms with E-state index in [4.69, 9.17) is 0 Å². The molecule has 2 amide bonds. The minimum Gasteiger partial charge on any atom is -0.348 e. The predicted molar refractivity (Wildman–Crippen MR) is 146 cm³/mol. The number of aromatic nitrogens is 3. The van der Waals surface area contributed by atoms with Gasteiger partial charge in [0.1, 0.15) is 6.33 Å². The highest BCUT2D eigenvalue weighted by atomic mass is 19.4. The Kier molecular flexibility index (Phi) is 7.59. The molecular weight excluding hydrogens is 519 g/mol. The SMILES string of the molecule is O=C(CCC(F)(F)F)Nc1cccc(-n2cnc3cc(-c4cccc(C(=O)NCc5cccnc5)c4)ccc32)c1. The Morgan fingerprint density at radius 1 is 0.900 bits per heavy atom. The number of hydrogen-bond donors (Lipinski definition) is 2. The molecule has 3 aromatic carbocycles. The lowest BCUT2D eigenvalue weighted by atomic mass is 10.0. The summed E-state index contributed by atoms with van der Waals surface area (Å²) in [5.74, 6) is -0.899. The number of benzene rings is 3. The quantitative estimate of drug-likeness (QED) is 0.241. The number of carbonyl (C=O) groups excluding carboxylic acids is 2. The normalized spacial score (nSPS) is 11.4. The van der Waals surface area contributed by atoms with Gasteiger partial charge in [-0.15, -0.1) is 0 Å². The van der Waals surface area contributed by atoms with Crippen LogP contribution in [0.5, 0.6) is 0 Å². The summed E-state index contributed by atoms with van der Waals surface area (Å²) in [6.07, 6.45) is -1.18. The maximum atomic E-state index is 12.7. The summed E-state index contributed by atoms with van der Waals surface area (Å²) in [7, 11) is 0. The first-order valence-electron chi connectivity index (χ1n) is 12.5. The van der Waals surface area contributed by atoms with Gasteiger partial charge in [-0.25, -0.2) is 4.98 Å². The zero-order valence-corrected chi connectivity index (χ0v) is 21.2. The van der Waals surface area contributed by atoms with Crippen molar-refractivity contribution < 1.29 is 22.8 Å². The van der Waals surface area contributed by atoms with Gasteiger partial charge in [-0.3, -0.25) is 19.1 Å². The number of hydrogen-bond acceptors (Lipinski definition) is 4. The number of rotatable bonds is 8. The van der Waals surface area contributed by atoms with Gasteiger partial charge in [0, 0.05) is 42.3 Å². The number of nitrogens with zero attached hydrogens (tertiary/aromatic N) is 3. The van der Waals surface area contributed by atoms with Gasteiger partial charge in [0.15, 0.2) is 0 Å². The molecule has 2 aromatic heterocycles. The first-order chi connectivity index (χ1) is 19.2. The minimum atomic E-state index is -4.39. The largest absolute Gasteiger partial charge is 0.389 e. The van der Waals surface area contributed by atoms with Crippen molar-refractivity contribution >= 4 is 28.5 Å². The maximum absolute atomic E-state index is 12.7. The van der Waals surface area contributed by atoms with Crippen LogP contribution in [0, 0.1) is 0 Å². The van der Waals surface area contributed by atoms with Crippen LogP contribution in [0.3, 0.4) is 0 Å². The average molecular weight is 544 g/mol. The van der Waals surface area contributed by atoms with E-state index in [0.29, 0.717) is 29.0 Å². The number of alkyl halides is 3. The molecule has 0 saturated heterocycles. The molecule has 0 saturated carbocycles. The molecule has 5 rings (SSSR count). The summed E-state index contributed by atoms with van der Waals surface area (Å²) >= 11 is 0. The lowest BCUT2D eigenvalue weighted by Gasteiger charge is -2.10. The van der Waals surface area contributed by atoms with Gasteiger partial charge in [-0.05, 0) is 65.2 Å². The van der Waals surface area contributed by atoms with E-state index < -0.39 is 24.9 Å². The van der Waals surface area contributed by atoms with Crippen molar-refractivity contribution in [3.63, 3.8) is 0 Å². The molecule has 0 bridgehead atoms. The second kappa shape index (κ2) is 11.4. The van der Waals surface area contributed by atoms with E-state index in [1.54, 1.807) is 43.0 Å². The first-order valence-corrected chi connectivity index (χ1v) is 12.5. The average Bonchev–Trinajstić information content (AvgIpc) is 3.39. The molecule has 0 atom stereocenters. The van der Waals surface area contributed by atoms with Gasteiger partial charge in [0.2, 0.25) is 5.91 Å². The lowest BCUT2D eigenvalue weighted by molar-refractivity contribution is -0.142. The highest BCUT2D eigenvalue weighted by Crippen LogP contribution is 2.27. The predicted octanol–water partition coefficient (Wildman–Crippen LogP) is 6.30. The number of pyridine rings is 1. The minimum absolute atomic E-state index is 0.193. The van der Waals surface area contributed by atoms with Gasteiger partial charge in [0.05, 0.1) is 17.5 Å². The molecule has 40 heavy (non-hydrogen) atoms. The molecule has 0 unspecified atom stereocenters. The molecule has 0 fully saturated rings. The van der Waals surface area contributed by atoms with E-state index >= 15 is 0 Å². The number of nitrogens with one attached hydrogen (secondary N) is 2. The first kappa shape index (κ1) is 26.6. The number of carbonyl (C=O) groups is 2. The van der Waals surface area contributed by atoms with Gasteiger partial charge < -0.3 is 10.6 Å². The molecule has 10 heteroatoms. The second-order valence-electron chi connectivity index (χ2n) is 9.16. The van der Waals surface area contributed by atoms with E-state index in [1.807, 2.05) is 59.2 Å². The molecule has 0 aliphatic heterocycles. The third-order valence-corrected chi connectivity index (χ3v) is 6.22. The second-order valence-corrected chi connectivity index (χ2v) is 9.16.